The SMILES string of the molecule is O=C(O)CCSCc1ccccc1C(F)(F)F. The van der Waals surface area contributed by atoms with Crippen LogP contribution in [0.15, 0.2) is 24.3 Å². The number of carboxylic acid groups (broad SMARTS) is 1. The van der Waals surface area contributed by atoms with Crippen LogP contribution in [0.25, 0.3) is 0 Å². The lowest BCUT2D eigenvalue weighted by Crippen LogP contribution is -2.08. The number of rotatable bonds is 5. The van der Waals surface area contributed by atoms with Crippen LogP contribution in [0.3, 0.4) is 0 Å². The number of benzene rings is 1. The second-order valence-corrected chi connectivity index (χ2v) is 4.46. The molecule has 0 spiro atoms. The number of carbonyl (C=O) groups is 1. The lowest BCUT2D eigenvalue weighted by Gasteiger charge is -2.11. The highest BCUT2D eigenvalue weighted by Gasteiger charge is 2.32. The van der Waals surface area contributed by atoms with Gasteiger partial charge in [-0.2, -0.15) is 24.9 Å². The monoisotopic (exact) mass is 264 g/mol. The molecule has 0 radical (unpaired) electrons. The molecule has 0 saturated heterocycles. The van der Waals surface area contributed by atoms with Gasteiger partial charge < -0.3 is 5.11 Å². The zero-order chi connectivity index (χ0) is 12.9. The van der Waals surface area contributed by atoms with E-state index in [1.54, 1.807) is 6.07 Å². The van der Waals surface area contributed by atoms with Crippen molar-refractivity contribution in [3.63, 3.8) is 0 Å². The van der Waals surface area contributed by atoms with Gasteiger partial charge in [-0.25, -0.2) is 0 Å². The summed E-state index contributed by atoms with van der Waals surface area (Å²) in [7, 11) is 0. The Morgan fingerprint density at radius 3 is 2.53 bits per heavy atom. The molecule has 2 nitrogen and oxygen atoms in total. The van der Waals surface area contributed by atoms with Crippen molar-refractivity contribution in [3.05, 3.63) is 35.4 Å². The van der Waals surface area contributed by atoms with Crippen molar-refractivity contribution >= 4 is 17.7 Å². The molecule has 94 valence electrons. The van der Waals surface area contributed by atoms with Crippen molar-refractivity contribution in [2.45, 2.75) is 18.3 Å². The second-order valence-electron chi connectivity index (χ2n) is 3.35. The summed E-state index contributed by atoms with van der Waals surface area (Å²) in [5.41, 5.74) is -0.460. The fraction of sp³-hybridized carbons (Fsp3) is 0.364. The van der Waals surface area contributed by atoms with Crippen LogP contribution in [0.1, 0.15) is 17.5 Å². The molecule has 0 aliphatic rings. The first-order valence-electron chi connectivity index (χ1n) is 4.86. The molecule has 0 unspecified atom stereocenters. The molecule has 0 fully saturated rings. The van der Waals surface area contributed by atoms with Crippen molar-refractivity contribution in [1.82, 2.24) is 0 Å². The molecule has 0 aromatic heterocycles. The van der Waals surface area contributed by atoms with Crippen LogP contribution >= 0.6 is 11.8 Å². The largest absolute Gasteiger partial charge is 0.481 e. The topological polar surface area (TPSA) is 37.3 Å². The Morgan fingerprint density at radius 1 is 1.29 bits per heavy atom. The molecule has 0 saturated carbocycles. The predicted molar refractivity (Wildman–Crippen MR) is 59.9 cm³/mol. The summed E-state index contributed by atoms with van der Waals surface area (Å²) in [6, 6.07) is 5.33. The van der Waals surface area contributed by atoms with Gasteiger partial charge in [0.1, 0.15) is 0 Å². The molecule has 0 atom stereocenters. The van der Waals surface area contributed by atoms with Gasteiger partial charge in [0.2, 0.25) is 0 Å². The molecule has 0 bridgehead atoms. The minimum Gasteiger partial charge on any atom is -0.481 e. The van der Waals surface area contributed by atoms with Gasteiger partial charge in [0.25, 0.3) is 0 Å². The standard InChI is InChI=1S/C11H11F3O2S/c12-11(13,14)9-4-2-1-3-8(9)7-17-6-5-10(15)16/h1-4H,5-7H2,(H,15,16). The fourth-order valence-corrected chi connectivity index (χ4v) is 2.20. The fourth-order valence-electron chi connectivity index (χ4n) is 1.26. The number of halogens is 3. The van der Waals surface area contributed by atoms with Gasteiger partial charge in [-0.15, -0.1) is 0 Å². The molecule has 1 aromatic rings. The summed E-state index contributed by atoms with van der Waals surface area (Å²) in [6.07, 6.45) is -4.40. The molecule has 0 aliphatic heterocycles. The Bertz CT molecular complexity index is 391. The molecule has 1 aromatic carbocycles. The van der Waals surface area contributed by atoms with Crippen molar-refractivity contribution in [2.75, 3.05) is 5.75 Å². The minimum atomic E-state index is -4.36. The van der Waals surface area contributed by atoms with E-state index in [0.717, 1.165) is 6.07 Å². The van der Waals surface area contributed by atoms with Crippen LogP contribution in [-0.4, -0.2) is 16.8 Å². The third-order valence-corrected chi connectivity index (χ3v) is 3.05. The molecule has 6 heteroatoms. The minimum absolute atomic E-state index is 0.0428. The highest BCUT2D eigenvalue weighted by Crippen LogP contribution is 2.33. The molecule has 17 heavy (non-hydrogen) atoms. The molecule has 1 rings (SSSR count). The first-order valence-corrected chi connectivity index (χ1v) is 6.01. The third kappa shape index (κ3) is 4.68. The highest BCUT2D eigenvalue weighted by atomic mass is 32.2. The van der Waals surface area contributed by atoms with Gasteiger partial charge in [-0.3, -0.25) is 4.79 Å². The van der Waals surface area contributed by atoms with Crippen molar-refractivity contribution in [1.29, 1.82) is 0 Å². The Kier molecular flexibility index (Phi) is 4.86. The van der Waals surface area contributed by atoms with E-state index in [0.29, 0.717) is 5.75 Å². The van der Waals surface area contributed by atoms with E-state index in [1.807, 2.05) is 0 Å². The lowest BCUT2D eigenvalue weighted by atomic mass is 10.1. The Labute approximate surface area is 101 Å². The van der Waals surface area contributed by atoms with E-state index in [-0.39, 0.29) is 17.7 Å². The van der Waals surface area contributed by atoms with Crippen LogP contribution in [0, 0.1) is 0 Å². The molecule has 0 amide bonds. The number of carboxylic acids is 1. The van der Waals surface area contributed by atoms with Crippen molar-refractivity contribution < 1.29 is 23.1 Å². The van der Waals surface area contributed by atoms with Crippen molar-refractivity contribution in [3.8, 4) is 0 Å². The Morgan fingerprint density at radius 2 is 1.94 bits per heavy atom. The molecule has 1 N–H and O–H groups in total. The van der Waals surface area contributed by atoms with Gasteiger partial charge in [0, 0.05) is 11.5 Å². The molecular weight excluding hydrogens is 253 g/mol. The van der Waals surface area contributed by atoms with Gasteiger partial charge in [0.15, 0.2) is 0 Å². The van der Waals surface area contributed by atoms with E-state index in [4.69, 9.17) is 5.11 Å². The van der Waals surface area contributed by atoms with Crippen molar-refractivity contribution in [2.24, 2.45) is 0 Å². The summed E-state index contributed by atoms with van der Waals surface area (Å²) in [5.74, 6) is -0.466. The van der Waals surface area contributed by atoms with Gasteiger partial charge >= 0.3 is 12.1 Å². The van der Waals surface area contributed by atoms with Crippen LogP contribution in [-0.2, 0) is 16.7 Å². The van der Waals surface area contributed by atoms with E-state index < -0.39 is 17.7 Å². The summed E-state index contributed by atoms with van der Waals surface area (Å²) in [5, 5.41) is 8.40. The number of alkyl halides is 3. The summed E-state index contributed by atoms with van der Waals surface area (Å²) in [4.78, 5) is 10.2. The van der Waals surface area contributed by atoms with Crippen LogP contribution in [0.4, 0.5) is 13.2 Å². The maximum atomic E-state index is 12.6. The average molecular weight is 264 g/mol. The van der Waals surface area contributed by atoms with Gasteiger partial charge in [-0.1, -0.05) is 18.2 Å². The molecule has 0 aliphatic carbocycles. The predicted octanol–water partition coefficient (Wildman–Crippen LogP) is 3.41. The lowest BCUT2D eigenvalue weighted by molar-refractivity contribution is -0.138. The zero-order valence-corrected chi connectivity index (χ0v) is 9.64. The van der Waals surface area contributed by atoms with Gasteiger partial charge in [0.05, 0.1) is 12.0 Å². The second kappa shape index (κ2) is 5.95. The number of aliphatic carboxylic acids is 1. The van der Waals surface area contributed by atoms with E-state index in [1.165, 1.54) is 23.9 Å². The Hall–Kier alpha value is -1.17. The van der Waals surface area contributed by atoms with Crippen LogP contribution in [0.2, 0.25) is 0 Å². The molecule has 0 heterocycles. The van der Waals surface area contributed by atoms with E-state index in [2.05, 4.69) is 0 Å². The highest BCUT2D eigenvalue weighted by molar-refractivity contribution is 7.98. The maximum Gasteiger partial charge on any atom is 0.416 e. The van der Waals surface area contributed by atoms with E-state index >= 15 is 0 Å². The summed E-state index contributed by atoms with van der Waals surface area (Å²) < 4.78 is 37.7. The van der Waals surface area contributed by atoms with Gasteiger partial charge in [-0.05, 0) is 11.6 Å². The van der Waals surface area contributed by atoms with Crippen LogP contribution in [0.5, 0.6) is 0 Å². The number of thioether (sulfide) groups is 1. The summed E-state index contributed by atoms with van der Waals surface area (Å²) >= 11 is 1.18. The van der Waals surface area contributed by atoms with E-state index in [9.17, 15) is 18.0 Å². The van der Waals surface area contributed by atoms with Crippen LogP contribution < -0.4 is 0 Å². The molecular formula is C11H11F3O2S. The maximum absolute atomic E-state index is 12.6. The smallest absolute Gasteiger partial charge is 0.416 e. The average Bonchev–Trinajstić information content (AvgIpc) is 2.23. The quantitative estimate of drug-likeness (QED) is 0.828. The normalized spacial score (nSPS) is 11.5. The third-order valence-electron chi connectivity index (χ3n) is 2.04. The first-order chi connectivity index (χ1) is 7.91. The zero-order valence-electron chi connectivity index (χ0n) is 8.83. The first kappa shape index (κ1) is 13.9. The number of hydrogen-bond donors (Lipinski definition) is 1. The number of hydrogen-bond acceptors (Lipinski definition) is 2. The Balaban J connectivity index is 2.62. The summed E-state index contributed by atoms with van der Waals surface area (Å²) in [6.45, 7) is 0.